The third-order valence-electron chi connectivity index (χ3n) is 3.57. The molecular weight excluding hydrogens is 228 g/mol. The summed E-state index contributed by atoms with van der Waals surface area (Å²) in [5.74, 6) is 1.90. The van der Waals surface area contributed by atoms with Crippen molar-refractivity contribution in [2.24, 2.45) is 5.92 Å². The van der Waals surface area contributed by atoms with Gasteiger partial charge in [0, 0.05) is 12.5 Å². The number of nitrogens with zero attached hydrogens (tertiary/aromatic N) is 2. The van der Waals surface area contributed by atoms with Crippen LogP contribution in [-0.4, -0.2) is 27.6 Å². The lowest BCUT2D eigenvalue weighted by molar-refractivity contribution is 0.0941. The summed E-state index contributed by atoms with van der Waals surface area (Å²) in [7, 11) is 0. The van der Waals surface area contributed by atoms with Gasteiger partial charge >= 0.3 is 0 Å². The molecule has 2 rings (SSSR count). The zero-order chi connectivity index (χ0) is 13.0. The van der Waals surface area contributed by atoms with Gasteiger partial charge in [-0.15, -0.1) is 5.10 Å². The third kappa shape index (κ3) is 3.31. The summed E-state index contributed by atoms with van der Waals surface area (Å²) in [6, 6.07) is 0. The van der Waals surface area contributed by atoms with Gasteiger partial charge in [-0.3, -0.25) is 9.89 Å². The lowest BCUT2D eigenvalue weighted by Crippen LogP contribution is -2.26. The number of hydrogen-bond acceptors (Lipinski definition) is 3. The normalized spacial score (nSPS) is 16.4. The molecule has 1 aromatic rings. The van der Waals surface area contributed by atoms with Crippen molar-refractivity contribution in [3.05, 3.63) is 11.6 Å². The van der Waals surface area contributed by atoms with E-state index in [1.165, 1.54) is 25.7 Å². The Morgan fingerprint density at radius 3 is 2.78 bits per heavy atom. The molecule has 0 aliphatic heterocycles. The summed E-state index contributed by atoms with van der Waals surface area (Å²) in [6.45, 7) is 4.76. The van der Waals surface area contributed by atoms with Crippen molar-refractivity contribution in [2.45, 2.75) is 51.9 Å². The topological polar surface area (TPSA) is 70.7 Å². The van der Waals surface area contributed by atoms with E-state index >= 15 is 0 Å². The number of H-pyrrole nitrogens is 1. The molecule has 0 atom stereocenters. The average Bonchev–Trinajstić information content (AvgIpc) is 2.99. The van der Waals surface area contributed by atoms with E-state index in [2.05, 4.69) is 20.5 Å². The van der Waals surface area contributed by atoms with Crippen LogP contribution in [-0.2, 0) is 0 Å². The Bertz CT molecular complexity index is 393. The Balaban J connectivity index is 1.76. The summed E-state index contributed by atoms with van der Waals surface area (Å²) >= 11 is 0. The standard InChI is InChI=1S/C13H22N4O/c1-9(2)11-15-12(17-16-11)13(18)14-8-7-10-5-3-4-6-10/h9-10H,3-8H2,1-2H3,(H,14,18)(H,15,16,17). The molecule has 18 heavy (non-hydrogen) atoms. The number of aromatic amines is 1. The SMILES string of the molecule is CC(C)c1nc(C(=O)NCCC2CCCC2)n[nH]1. The highest BCUT2D eigenvalue weighted by atomic mass is 16.2. The van der Waals surface area contributed by atoms with Crippen LogP contribution in [0.5, 0.6) is 0 Å². The van der Waals surface area contributed by atoms with Gasteiger partial charge in [0.2, 0.25) is 5.82 Å². The Hall–Kier alpha value is -1.39. The van der Waals surface area contributed by atoms with Crippen LogP contribution < -0.4 is 5.32 Å². The highest BCUT2D eigenvalue weighted by molar-refractivity contribution is 5.90. The van der Waals surface area contributed by atoms with Crippen LogP contribution in [0.25, 0.3) is 0 Å². The first-order chi connectivity index (χ1) is 8.66. The van der Waals surface area contributed by atoms with Crippen LogP contribution in [0.15, 0.2) is 0 Å². The van der Waals surface area contributed by atoms with Crippen molar-refractivity contribution in [2.75, 3.05) is 6.54 Å². The van der Waals surface area contributed by atoms with Crippen LogP contribution in [0.2, 0.25) is 0 Å². The molecule has 1 amide bonds. The van der Waals surface area contributed by atoms with E-state index in [4.69, 9.17) is 0 Å². The van der Waals surface area contributed by atoms with Gasteiger partial charge in [-0.1, -0.05) is 39.5 Å². The first-order valence-corrected chi connectivity index (χ1v) is 6.87. The fourth-order valence-electron chi connectivity index (χ4n) is 2.40. The monoisotopic (exact) mass is 250 g/mol. The second-order valence-corrected chi connectivity index (χ2v) is 5.39. The maximum absolute atomic E-state index is 11.8. The van der Waals surface area contributed by atoms with E-state index in [1.807, 2.05) is 13.8 Å². The lowest BCUT2D eigenvalue weighted by atomic mass is 10.0. The first-order valence-electron chi connectivity index (χ1n) is 6.87. The molecule has 0 aromatic carbocycles. The number of amides is 1. The van der Waals surface area contributed by atoms with Crippen LogP contribution >= 0.6 is 0 Å². The second-order valence-electron chi connectivity index (χ2n) is 5.39. The Labute approximate surface area is 108 Å². The molecule has 0 unspecified atom stereocenters. The molecule has 0 saturated heterocycles. The van der Waals surface area contributed by atoms with Gasteiger partial charge in [-0.25, -0.2) is 4.98 Å². The minimum Gasteiger partial charge on any atom is -0.349 e. The predicted molar refractivity (Wildman–Crippen MR) is 69.4 cm³/mol. The molecule has 0 bridgehead atoms. The molecule has 1 aliphatic rings. The largest absolute Gasteiger partial charge is 0.349 e. The maximum atomic E-state index is 11.8. The summed E-state index contributed by atoms with van der Waals surface area (Å²) in [5, 5.41) is 9.63. The second kappa shape index (κ2) is 5.98. The highest BCUT2D eigenvalue weighted by Gasteiger charge is 2.16. The van der Waals surface area contributed by atoms with Crippen LogP contribution in [0.3, 0.4) is 0 Å². The van der Waals surface area contributed by atoms with E-state index in [0.29, 0.717) is 0 Å². The van der Waals surface area contributed by atoms with Gasteiger partial charge < -0.3 is 5.32 Å². The Morgan fingerprint density at radius 2 is 2.17 bits per heavy atom. The number of hydrogen-bond donors (Lipinski definition) is 2. The van der Waals surface area contributed by atoms with Gasteiger partial charge in [0.1, 0.15) is 5.82 Å². The van der Waals surface area contributed by atoms with Crippen LogP contribution in [0.4, 0.5) is 0 Å². The van der Waals surface area contributed by atoms with Gasteiger partial charge in [0.05, 0.1) is 0 Å². The molecule has 100 valence electrons. The Morgan fingerprint density at radius 1 is 1.44 bits per heavy atom. The average molecular weight is 250 g/mol. The molecule has 2 N–H and O–H groups in total. The number of carbonyl (C=O) groups is 1. The molecule has 0 spiro atoms. The van der Waals surface area contributed by atoms with Crippen molar-refractivity contribution < 1.29 is 4.79 Å². The van der Waals surface area contributed by atoms with Crippen molar-refractivity contribution in [3.63, 3.8) is 0 Å². The molecule has 5 nitrogen and oxygen atoms in total. The van der Waals surface area contributed by atoms with Gasteiger partial charge in [-0.2, -0.15) is 0 Å². The van der Waals surface area contributed by atoms with E-state index in [-0.39, 0.29) is 17.6 Å². The van der Waals surface area contributed by atoms with Crippen LogP contribution in [0, 0.1) is 5.92 Å². The highest BCUT2D eigenvalue weighted by Crippen LogP contribution is 2.26. The van der Waals surface area contributed by atoms with Crippen LogP contribution in [0.1, 0.15) is 68.3 Å². The van der Waals surface area contributed by atoms with E-state index in [9.17, 15) is 4.79 Å². The van der Waals surface area contributed by atoms with Gasteiger partial charge in [0.15, 0.2) is 0 Å². The fraction of sp³-hybridized carbons (Fsp3) is 0.769. The maximum Gasteiger partial charge on any atom is 0.290 e. The van der Waals surface area contributed by atoms with Gasteiger partial charge in [-0.05, 0) is 12.3 Å². The van der Waals surface area contributed by atoms with Crippen molar-refractivity contribution in [1.82, 2.24) is 20.5 Å². The molecule has 1 fully saturated rings. The molecule has 1 heterocycles. The minimum absolute atomic E-state index is 0.170. The first kappa shape index (κ1) is 13.1. The van der Waals surface area contributed by atoms with E-state index < -0.39 is 0 Å². The molecule has 1 aliphatic carbocycles. The van der Waals surface area contributed by atoms with Gasteiger partial charge in [0.25, 0.3) is 5.91 Å². The van der Waals surface area contributed by atoms with E-state index in [1.54, 1.807) is 0 Å². The molecule has 5 heteroatoms. The number of aromatic nitrogens is 3. The number of rotatable bonds is 5. The summed E-state index contributed by atoms with van der Waals surface area (Å²) in [4.78, 5) is 16.0. The zero-order valence-electron chi connectivity index (χ0n) is 11.2. The number of nitrogens with one attached hydrogen (secondary N) is 2. The smallest absolute Gasteiger partial charge is 0.290 e. The molecule has 0 radical (unpaired) electrons. The lowest BCUT2D eigenvalue weighted by Gasteiger charge is -2.08. The van der Waals surface area contributed by atoms with Crippen molar-refractivity contribution >= 4 is 5.91 Å². The molecule has 1 saturated carbocycles. The van der Waals surface area contributed by atoms with Crippen molar-refractivity contribution in [3.8, 4) is 0 Å². The molecular formula is C13H22N4O. The number of carbonyl (C=O) groups excluding carboxylic acids is 1. The summed E-state index contributed by atoms with van der Waals surface area (Å²) < 4.78 is 0. The molecule has 1 aromatic heterocycles. The fourth-order valence-corrected chi connectivity index (χ4v) is 2.40. The minimum atomic E-state index is -0.170. The predicted octanol–water partition coefficient (Wildman–Crippen LogP) is 2.24. The Kier molecular flexibility index (Phi) is 4.33. The zero-order valence-corrected chi connectivity index (χ0v) is 11.2. The summed E-state index contributed by atoms with van der Waals surface area (Å²) in [6.07, 6.45) is 6.39. The summed E-state index contributed by atoms with van der Waals surface area (Å²) in [5.41, 5.74) is 0. The van der Waals surface area contributed by atoms with Crippen molar-refractivity contribution in [1.29, 1.82) is 0 Å². The van der Waals surface area contributed by atoms with E-state index in [0.717, 1.165) is 24.7 Å². The third-order valence-corrected chi connectivity index (χ3v) is 3.57. The quantitative estimate of drug-likeness (QED) is 0.842.